The molecule has 0 saturated carbocycles. The molecule has 1 aromatic carbocycles. The van der Waals surface area contributed by atoms with Gasteiger partial charge >= 0.3 is 0 Å². The van der Waals surface area contributed by atoms with Crippen LogP contribution in [0.2, 0.25) is 0 Å². The number of anilines is 1. The number of carbonyl (C=O) groups is 1. The third-order valence-electron chi connectivity index (χ3n) is 3.68. The number of rotatable bonds is 1. The highest BCUT2D eigenvalue weighted by Crippen LogP contribution is 2.32. The van der Waals surface area contributed by atoms with Crippen LogP contribution in [0.5, 0.6) is 5.75 Å². The van der Waals surface area contributed by atoms with Crippen molar-refractivity contribution in [3.8, 4) is 17.0 Å². The molecule has 1 amide bonds. The third kappa shape index (κ3) is 2.03. The molecule has 0 aliphatic carbocycles. The molecular weight excluding hydrogens is 252 g/mol. The van der Waals surface area contributed by atoms with Crippen LogP contribution in [0.3, 0.4) is 0 Å². The lowest BCUT2D eigenvalue weighted by atomic mass is 10.0. The maximum absolute atomic E-state index is 11.7. The highest BCUT2D eigenvalue weighted by Gasteiger charge is 2.24. The second-order valence-electron chi connectivity index (χ2n) is 5.06. The van der Waals surface area contributed by atoms with E-state index in [2.05, 4.69) is 31.0 Å². The summed E-state index contributed by atoms with van der Waals surface area (Å²) in [5.41, 5.74) is 4.37. The van der Waals surface area contributed by atoms with E-state index in [1.54, 1.807) is 11.9 Å². The Morgan fingerprint density at radius 2 is 1.95 bits per heavy atom. The van der Waals surface area contributed by atoms with E-state index in [9.17, 15) is 4.79 Å². The summed E-state index contributed by atoms with van der Waals surface area (Å²) >= 11 is 0. The number of aromatic nitrogens is 1. The topological polar surface area (TPSA) is 42.4 Å². The van der Waals surface area contributed by atoms with E-state index in [-0.39, 0.29) is 12.5 Å². The Labute approximate surface area is 118 Å². The number of hydrogen-bond acceptors (Lipinski definition) is 3. The predicted molar refractivity (Wildman–Crippen MR) is 78.1 cm³/mol. The fourth-order valence-corrected chi connectivity index (χ4v) is 2.20. The van der Waals surface area contributed by atoms with Gasteiger partial charge < -0.3 is 4.74 Å². The summed E-state index contributed by atoms with van der Waals surface area (Å²) in [6.07, 6.45) is 0. The van der Waals surface area contributed by atoms with Gasteiger partial charge in [-0.15, -0.1) is 0 Å². The average molecular weight is 268 g/mol. The molecule has 0 N–H and O–H groups in total. The summed E-state index contributed by atoms with van der Waals surface area (Å²) < 4.78 is 5.39. The Balaban J connectivity index is 2.07. The van der Waals surface area contributed by atoms with Gasteiger partial charge in [-0.05, 0) is 43.2 Å². The number of carbonyl (C=O) groups excluding carboxylic acids is 1. The van der Waals surface area contributed by atoms with Gasteiger partial charge in [0.25, 0.3) is 5.91 Å². The maximum Gasteiger partial charge on any atom is 0.265 e. The molecule has 4 heteroatoms. The van der Waals surface area contributed by atoms with E-state index in [1.807, 2.05) is 18.2 Å². The van der Waals surface area contributed by atoms with Crippen molar-refractivity contribution in [1.82, 2.24) is 4.98 Å². The van der Waals surface area contributed by atoms with Gasteiger partial charge in [-0.25, -0.2) is 4.98 Å². The van der Waals surface area contributed by atoms with E-state index in [4.69, 9.17) is 4.74 Å². The monoisotopic (exact) mass is 268 g/mol. The van der Waals surface area contributed by atoms with Gasteiger partial charge in [0.15, 0.2) is 18.2 Å². The van der Waals surface area contributed by atoms with Crippen molar-refractivity contribution in [2.24, 2.45) is 0 Å². The maximum atomic E-state index is 11.7. The third-order valence-corrected chi connectivity index (χ3v) is 3.68. The zero-order valence-electron chi connectivity index (χ0n) is 11.8. The first-order valence-corrected chi connectivity index (χ1v) is 6.54. The number of benzene rings is 1. The van der Waals surface area contributed by atoms with Crippen molar-refractivity contribution >= 4 is 11.7 Å². The molecule has 0 unspecified atom stereocenters. The van der Waals surface area contributed by atoms with E-state index in [0.717, 1.165) is 11.3 Å². The second-order valence-corrected chi connectivity index (χ2v) is 5.06. The van der Waals surface area contributed by atoms with Crippen molar-refractivity contribution in [1.29, 1.82) is 0 Å². The molecule has 0 spiro atoms. The summed E-state index contributed by atoms with van der Waals surface area (Å²) in [4.78, 5) is 17.8. The van der Waals surface area contributed by atoms with Crippen LogP contribution in [0.1, 0.15) is 11.1 Å². The summed E-state index contributed by atoms with van der Waals surface area (Å²) in [6.45, 7) is 4.24. The minimum absolute atomic E-state index is 0.0775. The van der Waals surface area contributed by atoms with Crippen LogP contribution in [0, 0.1) is 13.8 Å². The van der Waals surface area contributed by atoms with Crippen LogP contribution in [0.4, 0.5) is 5.82 Å². The van der Waals surface area contributed by atoms with Gasteiger partial charge in [-0.2, -0.15) is 0 Å². The summed E-state index contributed by atoms with van der Waals surface area (Å²) in [6, 6.07) is 10.0. The van der Waals surface area contributed by atoms with Gasteiger partial charge in [-0.3, -0.25) is 9.69 Å². The van der Waals surface area contributed by atoms with Crippen LogP contribution in [-0.4, -0.2) is 24.5 Å². The number of likely N-dealkylation sites (N-methyl/N-ethyl adjacent to an activating group) is 1. The average Bonchev–Trinajstić information content (AvgIpc) is 2.46. The summed E-state index contributed by atoms with van der Waals surface area (Å²) in [7, 11) is 1.72. The van der Waals surface area contributed by atoms with Gasteiger partial charge in [0.1, 0.15) is 0 Å². The Morgan fingerprint density at radius 1 is 1.15 bits per heavy atom. The zero-order chi connectivity index (χ0) is 14.3. The Kier molecular flexibility index (Phi) is 2.93. The molecule has 1 aliphatic heterocycles. The first-order chi connectivity index (χ1) is 9.56. The van der Waals surface area contributed by atoms with Crippen LogP contribution >= 0.6 is 0 Å². The minimum Gasteiger partial charge on any atom is -0.480 e. The van der Waals surface area contributed by atoms with E-state index < -0.39 is 0 Å². The summed E-state index contributed by atoms with van der Waals surface area (Å²) in [5, 5.41) is 0. The smallest absolute Gasteiger partial charge is 0.265 e. The first-order valence-electron chi connectivity index (χ1n) is 6.54. The zero-order valence-corrected chi connectivity index (χ0v) is 11.8. The number of aryl methyl sites for hydroxylation is 2. The molecule has 0 radical (unpaired) electrons. The Hall–Kier alpha value is -2.36. The number of ether oxygens (including phenoxy) is 1. The molecule has 20 heavy (non-hydrogen) atoms. The van der Waals surface area contributed by atoms with Gasteiger partial charge in [-0.1, -0.05) is 12.1 Å². The largest absolute Gasteiger partial charge is 0.480 e. The standard InChI is InChI=1S/C16H16N2O2/c1-10-4-5-12(8-11(10)2)13-6-7-14-16(17-13)18(3)15(19)9-20-14/h4-8H,9H2,1-3H3. The normalized spacial score (nSPS) is 13.9. The number of fused-ring (bicyclic) bond motifs is 1. The molecular formula is C16H16N2O2. The first kappa shape index (κ1) is 12.7. The molecule has 2 aromatic rings. The van der Waals surface area contributed by atoms with Crippen LogP contribution in [0.25, 0.3) is 11.3 Å². The molecule has 0 bridgehead atoms. The fourth-order valence-electron chi connectivity index (χ4n) is 2.20. The van der Waals surface area contributed by atoms with Crippen molar-refractivity contribution in [3.05, 3.63) is 41.5 Å². The lowest BCUT2D eigenvalue weighted by Gasteiger charge is -2.25. The molecule has 1 aromatic heterocycles. The lowest BCUT2D eigenvalue weighted by molar-refractivity contribution is -0.121. The van der Waals surface area contributed by atoms with Crippen molar-refractivity contribution in [2.45, 2.75) is 13.8 Å². The van der Waals surface area contributed by atoms with Crippen molar-refractivity contribution in [3.63, 3.8) is 0 Å². The van der Waals surface area contributed by atoms with Crippen LogP contribution in [0.15, 0.2) is 30.3 Å². The lowest BCUT2D eigenvalue weighted by Crippen LogP contribution is -2.36. The van der Waals surface area contributed by atoms with Gasteiger partial charge in [0, 0.05) is 12.6 Å². The van der Waals surface area contributed by atoms with Crippen molar-refractivity contribution in [2.75, 3.05) is 18.6 Å². The molecule has 0 saturated heterocycles. The number of pyridine rings is 1. The van der Waals surface area contributed by atoms with E-state index in [1.165, 1.54) is 11.1 Å². The molecule has 3 rings (SSSR count). The van der Waals surface area contributed by atoms with Gasteiger partial charge in [0.2, 0.25) is 0 Å². The number of nitrogens with zero attached hydrogens (tertiary/aromatic N) is 2. The van der Waals surface area contributed by atoms with Crippen molar-refractivity contribution < 1.29 is 9.53 Å². The van der Waals surface area contributed by atoms with Gasteiger partial charge in [0.05, 0.1) is 5.69 Å². The molecule has 1 aliphatic rings. The van der Waals surface area contributed by atoms with E-state index in [0.29, 0.717) is 11.6 Å². The van der Waals surface area contributed by atoms with Crippen LogP contribution in [-0.2, 0) is 4.79 Å². The minimum atomic E-state index is -0.0813. The Morgan fingerprint density at radius 3 is 2.70 bits per heavy atom. The Bertz CT molecular complexity index is 695. The fraction of sp³-hybridized carbons (Fsp3) is 0.250. The molecule has 2 heterocycles. The molecule has 0 fully saturated rings. The van der Waals surface area contributed by atoms with E-state index >= 15 is 0 Å². The molecule has 4 nitrogen and oxygen atoms in total. The highest BCUT2D eigenvalue weighted by molar-refractivity contribution is 5.96. The van der Waals surface area contributed by atoms with Crippen LogP contribution < -0.4 is 9.64 Å². The number of amides is 1. The highest BCUT2D eigenvalue weighted by atomic mass is 16.5. The molecule has 102 valence electrons. The second kappa shape index (κ2) is 4.63. The predicted octanol–water partition coefficient (Wildman–Crippen LogP) is 2.72. The number of hydrogen-bond donors (Lipinski definition) is 0. The quantitative estimate of drug-likeness (QED) is 0.798. The SMILES string of the molecule is Cc1ccc(-c2ccc3c(n2)N(C)C(=O)CO3)cc1C. The summed E-state index contributed by atoms with van der Waals surface area (Å²) in [5.74, 6) is 1.15. The molecule has 0 atom stereocenters.